The lowest BCUT2D eigenvalue weighted by Crippen LogP contribution is -2.31. The molecular weight excluding hydrogens is 328 g/mol. The van der Waals surface area contributed by atoms with E-state index in [9.17, 15) is 13.2 Å². The fourth-order valence-electron chi connectivity index (χ4n) is 2.14. The molecule has 0 saturated heterocycles. The van der Waals surface area contributed by atoms with Gasteiger partial charge in [-0.15, -0.1) is 0 Å². The maximum absolute atomic E-state index is 12.2. The molecule has 1 N–H and O–H groups in total. The first-order chi connectivity index (χ1) is 11.3. The number of carbonyl (C=O) groups excluding carboxylic acids is 1. The lowest BCUT2D eigenvalue weighted by atomic mass is 10.2. The fourth-order valence-corrected chi connectivity index (χ4v) is 3.23. The van der Waals surface area contributed by atoms with Crippen molar-refractivity contribution >= 4 is 21.6 Å². The minimum Gasteiger partial charge on any atom is -0.497 e. The Morgan fingerprint density at radius 2 is 1.83 bits per heavy atom. The van der Waals surface area contributed by atoms with Crippen LogP contribution in [0.1, 0.15) is 15.9 Å². The Balaban J connectivity index is 2.13. The molecule has 24 heavy (non-hydrogen) atoms. The Morgan fingerprint density at radius 1 is 1.12 bits per heavy atom. The average Bonchev–Trinajstić information content (AvgIpc) is 2.54. The highest BCUT2D eigenvalue weighted by Gasteiger charge is 2.17. The van der Waals surface area contributed by atoms with Crippen molar-refractivity contribution in [1.82, 2.24) is 4.72 Å². The van der Waals surface area contributed by atoms with E-state index in [-0.39, 0.29) is 11.3 Å². The lowest BCUT2D eigenvalue weighted by Gasteiger charge is -2.13. The summed E-state index contributed by atoms with van der Waals surface area (Å²) < 4.78 is 31.6. The van der Waals surface area contributed by atoms with Crippen LogP contribution in [-0.2, 0) is 15.8 Å². The molecule has 2 rings (SSSR count). The first-order valence-corrected chi connectivity index (χ1v) is 8.91. The van der Waals surface area contributed by atoms with Crippen LogP contribution in [0.5, 0.6) is 5.75 Å². The molecule has 0 unspecified atom stereocenters. The summed E-state index contributed by atoms with van der Waals surface area (Å²) in [5.74, 6) is -0.391. The standard InChI is InChI=1S/C17H20N2O4S/c1-19(2)15-8-5-7-14(11-15)17(20)18-24(21,22)12-13-6-4-9-16(10-13)23-3/h4-11H,12H2,1-3H3,(H,18,20). The number of hydrogen-bond donors (Lipinski definition) is 1. The van der Waals surface area contributed by atoms with E-state index in [1.165, 1.54) is 7.11 Å². The second kappa shape index (κ2) is 7.35. The quantitative estimate of drug-likeness (QED) is 0.864. The zero-order valence-electron chi connectivity index (χ0n) is 13.8. The van der Waals surface area contributed by atoms with E-state index in [1.807, 2.05) is 25.1 Å². The van der Waals surface area contributed by atoms with E-state index >= 15 is 0 Å². The highest BCUT2D eigenvalue weighted by molar-refractivity contribution is 7.89. The minimum absolute atomic E-state index is 0.287. The highest BCUT2D eigenvalue weighted by Crippen LogP contribution is 2.16. The number of anilines is 1. The molecule has 0 bridgehead atoms. The fraction of sp³-hybridized carbons (Fsp3) is 0.235. The molecule has 1 amide bonds. The predicted octanol–water partition coefficient (Wildman–Crippen LogP) is 2.02. The normalized spacial score (nSPS) is 11.0. The Labute approximate surface area is 142 Å². The van der Waals surface area contributed by atoms with E-state index in [0.29, 0.717) is 11.3 Å². The third-order valence-corrected chi connectivity index (χ3v) is 4.57. The van der Waals surface area contributed by atoms with Gasteiger partial charge in [0.15, 0.2) is 0 Å². The van der Waals surface area contributed by atoms with Gasteiger partial charge in [0.2, 0.25) is 10.0 Å². The monoisotopic (exact) mass is 348 g/mol. The summed E-state index contributed by atoms with van der Waals surface area (Å²) in [6.45, 7) is 0. The zero-order chi connectivity index (χ0) is 17.7. The molecule has 0 atom stereocenters. The maximum Gasteiger partial charge on any atom is 0.264 e. The Hall–Kier alpha value is -2.54. The molecule has 0 fully saturated rings. The summed E-state index contributed by atoms with van der Waals surface area (Å²) >= 11 is 0. The van der Waals surface area contributed by atoms with Crippen LogP contribution in [0.2, 0.25) is 0 Å². The molecule has 6 nitrogen and oxygen atoms in total. The number of hydrogen-bond acceptors (Lipinski definition) is 5. The van der Waals surface area contributed by atoms with Crippen molar-refractivity contribution in [3.8, 4) is 5.75 Å². The minimum atomic E-state index is -3.81. The number of carbonyl (C=O) groups is 1. The number of rotatable bonds is 6. The van der Waals surface area contributed by atoms with Crippen LogP contribution in [0.4, 0.5) is 5.69 Å². The second-order valence-electron chi connectivity index (χ2n) is 5.49. The van der Waals surface area contributed by atoms with Gasteiger partial charge in [0, 0.05) is 25.3 Å². The van der Waals surface area contributed by atoms with Crippen LogP contribution in [0.3, 0.4) is 0 Å². The third-order valence-electron chi connectivity index (χ3n) is 3.36. The topological polar surface area (TPSA) is 75.7 Å². The summed E-state index contributed by atoms with van der Waals surface area (Å²) in [5.41, 5.74) is 1.64. The van der Waals surface area contributed by atoms with E-state index in [0.717, 1.165) is 5.69 Å². The molecular formula is C17H20N2O4S. The summed E-state index contributed by atoms with van der Waals surface area (Å²) in [6, 6.07) is 13.5. The number of benzene rings is 2. The summed E-state index contributed by atoms with van der Waals surface area (Å²) in [5, 5.41) is 0. The molecule has 0 aliphatic heterocycles. The second-order valence-corrected chi connectivity index (χ2v) is 7.21. The van der Waals surface area contributed by atoms with Crippen molar-refractivity contribution < 1.29 is 17.9 Å². The van der Waals surface area contributed by atoms with Crippen molar-refractivity contribution in [3.05, 3.63) is 59.7 Å². The highest BCUT2D eigenvalue weighted by atomic mass is 32.2. The van der Waals surface area contributed by atoms with Crippen LogP contribution >= 0.6 is 0 Å². The van der Waals surface area contributed by atoms with Crippen molar-refractivity contribution in [2.45, 2.75) is 5.75 Å². The number of sulfonamides is 1. The lowest BCUT2D eigenvalue weighted by molar-refractivity contribution is 0.0981. The largest absolute Gasteiger partial charge is 0.497 e. The van der Waals surface area contributed by atoms with Crippen molar-refractivity contribution in [2.75, 3.05) is 26.1 Å². The van der Waals surface area contributed by atoms with E-state index in [2.05, 4.69) is 4.72 Å². The molecule has 0 radical (unpaired) electrons. The Kier molecular flexibility index (Phi) is 5.46. The van der Waals surface area contributed by atoms with Crippen molar-refractivity contribution in [2.24, 2.45) is 0 Å². The Bertz CT molecular complexity index is 832. The average molecular weight is 348 g/mol. The van der Waals surface area contributed by atoms with E-state index in [1.54, 1.807) is 42.5 Å². The molecule has 0 heterocycles. The van der Waals surface area contributed by atoms with Crippen LogP contribution in [-0.4, -0.2) is 35.5 Å². The first kappa shape index (κ1) is 17.8. The van der Waals surface area contributed by atoms with E-state index in [4.69, 9.17) is 4.74 Å². The molecule has 0 spiro atoms. The van der Waals surface area contributed by atoms with Gasteiger partial charge in [0.25, 0.3) is 5.91 Å². The number of amides is 1. The van der Waals surface area contributed by atoms with Gasteiger partial charge in [-0.25, -0.2) is 13.1 Å². The molecule has 0 aromatic heterocycles. The zero-order valence-corrected chi connectivity index (χ0v) is 14.6. The third kappa shape index (κ3) is 4.73. The van der Waals surface area contributed by atoms with Gasteiger partial charge in [0.05, 0.1) is 12.9 Å². The van der Waals surface area contributed by atoms with Gasteiger partial charge in [-0.3, -0.25) is 4.79 Å². The SMILES string of the molecule is COc1cccc(CS(=O)(=O)NC(=O)c2cccc(N(C)C)c2)c1. The van der Waals surface area contributed by atoms with Crippen LogP contribution in [0, 0.1) is 0 Å². The van der Waals surface area contributed by atoms with Gasteiger partial charge >= 0.3 is 0 Å². The van der Waals surface area contributed by atoms with Gasteiger partial charge in [-0.1, -0.05) is 18.2 Å². The molecule has 2 aromatic rings. The molecule has 128 valence electrons. The van der Waals surface area contributed by atoms with Gasteiger partial charge in [0.1, 0.15) is 5.75 Å². The van der Waals surface area contributed by atoms with E-state index < -0.39 is 15.9 Å². The molecule has 0 saturated carbocycles. The van der Waals surface area contributed by atoms with Crippen LogP contribution in [0.25, 0.3) is 0 Å². The summed E-state index contributed by atoms with van der Waals surface area (Å²) in [7, 11) is 1.39. The van der Waals surface area contributed by atoms with Gasteiger partial charge in [-0.05, 0) is 35.9 Å². The molecule has 0 aliphatic carbocycles. The number of nitrogens with zero attached hydrogens (tertiary/aromatic N) is 1. The van der Waals surface area contributed by atoms with Crippen molar-refractivity contribution in [3.63, 3.8) is 0 Å². The van der Waals surface area contributed by atoms with Gasteiger partial charge in [-0.2, -0.15) is 0 Å². The Morgan fingerprint density at radius 3 is 2.50 bits per heavy atom. The number of nitrogens with one attached hydrogen (secondary N) is 1. The number of ether oxygens (including phenoxy) is 1. The smallest absolute Gasteiger partial charge is 0.264 e. The first-order valence-electron chi connectivity index (χ1n) is 7.26. The maximum atomic E-state index is 12.2. The summed E-state index contributed by atoms with van der Waals surface area (Å²) in [6.07, 6.45) is 0. The molecule has 7 heteroatoms. The van der Waals surface area contributed by atoms with Crippen molar-refractivity contribution in [1.29, 1.82) is 0 Å². The summed E-state index contributed by atoms with van der Waals surface area (Å²) in [4.78, 5) is 14.0. The van der Waals surface area contributed by atoms with Gasteiger partial charge < -0.3 is 9.64 Å². The molecule has 2 aromatic carbocycles. The van der Waals surface area contributed by atoms with Crippen LogP contribution in [0.15, 0.2) is 48.5 Å². The molecule has 0 aliphatic rings. The number of methoxy groups -OCH3 is 1. The van der Waals surface area contributed by atoms with Crippen LogP contribution < -0.4 is 14.4 Å². The predicted molar refractivity (Wildman–Crippen MR) is 93.9 cm³/mol.